The summed E-state index contributed by atoms with van der Waals surface area (Å²) in [5.41, 5.74) is 2.28. The van der Waals surface area contributed by atoms with Crippen LogP contribution in [-0.4, -0.2) is 4.98 Å². The van der Waals surface area contributed by atoms with E-state index in [2.05, 4.69) is 31.0 Å². The van der Waals surface area contributed by atoms with E-state index in [1.807, 2.05) is 24.4 Å². The van der Waals surface area contributed by atoms with Gasteiger partial charge in [-0.1, -0.05) is 32.0 Å². The van der Waals surface area contributed by atoms with Crippen LogP contribution in [0.2, 0.25) is 0 Å². The lowest BCUT2D eigenvalue weighted by molar-refractivity contribution is 1.13. The molecule has 0 N–H and O–H groups in total. The summed E-state index contributed by atoms with van der Waals surface area (Å²) >= 11 is 0. The average molecular weight is 170 g/mol. The normalized spacial score (nSPS) is 11.0. The summed E-state index contributed by atoms with van der Waals surface area (Å²) in [5, 5.41) is 1.21. The quantitative estimate of drug-likeness (QED) is 0.640. The van der Waals surface area contributed by atoms with Crippen LogP contribution in [0.5, 0.6) is 0 Å². The van der Waals surface area contributed by atoms with Gasteiger partial charge in [-0.15, -0.1) is 0 Å². The first-order valence-electron chi connectivity index (χ1n) is 4.43. The van der Waals surface area contributed by atoms with Crippen molar-refractivity contribution >= 4 is 10.9 Å². The Morgan fingerprint density at radius 2 is 1.92 bits per heavy atom. The molecule has 0 aliphatic rings. The maximum absolute atomic E-state index is 4.38. The highest BCUT2D eigenvalue weighted by Gasteiger charge is 2.00. The minimum absolute atomic E-state index is 1.06. The Balaban J connectivity index is 2.62. The second-order valence-electron chi connectivity index (χ2n) is 3.42. The lowest BCUT2D eigenvalue weighted by atomic mass is 10.0. The van der Waals surface area contributed by atoms with Crippen LogP contribution >= 0.6 is 0 Å². The predicted octanol–water partition coefficient (Wildman–Crippen LogP) is 3.20. The Morgan fingerprint density at radius 3 is 2.69 bits per heavy atom. The summed E-state index contributed by atoms with van der Waals surface area (Å²) in [6.45, 7) is 4.21. The van der Waals surface area contributed by atoms with Crippen molar-refractivity contribution in [1.82, 2.24) is 4.98 Å². The largest absolute Gasteiger partial charge is 0.256 e. The molecule has 1 aromatic carbocycles. The van der Waals surface area contributed by atoms with Crippen LogP contribution in [0.3, 0.4) is 0 Å². The highest BCUT2D eigenvalue weighted by molar-refractivity contribution is 5.79. The van der Waals surface area contributed by atoms with E-state index in [1.54, 1.807) is 0 Å². The van der Waals surface area contributed by atoms with E-state index >= 15 is 0 Å². The van der Waals surface area contributed by atoms with Gasteiger partial charge in [0.1, 0.15) is 0 Å². The lowest BCUT2D eigenvalue weighted by Gasteiger charge is -2.04. The van der Waals surface area contributed by atoms with E-state index in [-0.39, 0.29) is 0 Å². The molecule has 0 spiro atoms. The van der Waals surface area contributed by atoms with Crippen LogP contribution in [0.1, 0.15) is 19.4 Å². The number of fused-ring (bicyclic) bond motifs is 1. The van der Waals surface area contributed by atoms with Crippen molar-refractivity contribution in [3.63, 3.8) is 0 Å². The number of hydrogen-bond acceptors (Lipinski definition) is 1. The van der Waals surface area contributed by atoms with Gasteiger partial charge in [0.25, 0.3) is 0 Å². The molecular weight excluding hydrogens is 158 g/mol. The smallest absolute Gasteiger partial charge is 0.0702 e. The van der Waals surface area contributed by atoms with Crippen molar-refractivity contribution in [2.45, 2.75) is 13.8 Å². The average Bonchev–Trinajstić information content (AvgIpc) is 2.17. The number of hydrogen-bond donors (Lipinski definition) is 0. The Labute approximate surface area is 78.4 Å². The van der Waals surface area contributed by atoms with Gasteiger partial charge in [0.15, 0.2) is 0 Å². The zero-order chi connectivity index (χ0) is 9.26. The monoisotopic (exact) mass is 170 g/mol. The molecular formula is C12H12N. The predicted molar refractivity (Wildman–Crippen MR) is 55.4 cm³/mol. The third-order valence-electron chi connectivity index (χ3n) is 2.17. The molecule has 65 valence electrons. The maximum atomic E-state index is 4.38. The second kappa shape index (κ2) is 3.17. The molecule has 1 heterocycles. The van der Waals surface area contributed by atoms with Gasteiger partial charge >= 0.3 is 0 Å². The van der Waals surface area contributed by atoms with E-state index in [0.29, 0.717) is 0 Å². The minimum atomic E-state index is 1.06. The van der Waals surface area contributed by atoms with E-state index in [4.69, 9.17) is 0 Å². The molecule has 0 atom stereocenters. The van der Waals surface area contributed by atoms with Crippen LogP contribution in [0.25, 0.3) is 10.9 Å². The minimum Gasteiger partial charge on any atom is -0.256 e. The standard InChI is InChI=1S/C12H12N/c1-9(2)11-7-10-5-3-4-6-12(10)13-8-11/h3-8H,1-2H3. The zero-order valence-electron chi connectivity index (χ0n) is 7.91. The molecule has 0 unspecified atom stereocenters. The van der Waals surface area contributed by atoms with Crippen LogP contribution < -0.4 is 0 Å². The number of nitrogens with zero attached hydrogens (tertiary/aromatic N) is 1. The molecule has 0 saturated heterocycles. The van der Waals surface area contributed by atoms with Gasteiger partial charge in [0.2, 0.25) is 0 Å². The third kappa shape index (κ3) is 1.55. The maximum Gasteiger partial charge on any atom is 0.0702 e. The molecule has 1 nitrogen and oxygen atoms in total. The van der Waals surface area contributed by atoms with E-state index in [1.165, 1.54) is 16.9 Å². The van der Waals surface area contributed by atoms with E-state index in [0.717, 1.165) is 5.52 Å². The first kappa shape index (κ1) is 8.24. The number of pyridine rings is 1. The first-order chi connectivity index (χ1) is 6.27. The fourth-order valence-corrected chi connectivity index (χ4v) is 1.34. The molecule has 2 aromatic rings. The molecule has 0 amide bonds. The summed E-state index contributed by atoms with van der Waals surface area (Å²) in [6, 6.07) is 10.4. The molecule has 0 aliphatic heterocycles. The molecule has 13 heavy (non-hydrogen) atoms. The summed E-state index contributed by atoms with van der Waals surface area (Å²) in [7, 11) is 0. The highest BCUT2D eigenvalue weighted by atomic mass is 14.6. The zero-order valence-corrected chi connectivity index (χ0v) is 7.91. The third-order valence-corrected chi connectivity index (χ3v) is 2.17. The topological polar surface area (TPSA) is 12.9 Å². The number of rotatable bonds is 1. The Kier molecular flexibility index (Phi) is 2.01. The van der Waals surface area contributed by atoms with Crippen LogP contribution in [0, 0.1) is 5.92 Å². The SMILES string of the molecule is C[C](C)c1cnc2ccccc2c1. The van der Waals surface area contributed by atoms with Crippen LogP contribution in [0.4, 0.5) is 0 Å². The number of para-hydroxylation sites is 1. The van der Waals surface area contributed by atoms with Crippen molar-refractivity contribution < 1.29 is 0 Å². The molecule has 0 bridgehead atoms. The summed E-state index contributed by atoms with van der Waals surface area (Å²) in [6.07, 6.45) is 1.93. The Bertz CT molecular complexity index is 418. The lowest BCUT2D eigenvalue weighted by Crippen LogP contribution is -1.89. The first-order valence-corrected chi connectivity index (χ1v) is 4.43. The van der Waals surface area contributed by atoms with E-state index in [9.17, 15) is 0 Å². The summed E-state index contributed by atoms with van der Waals surface area (Å²) < 4.78 is 0. The summed E-state index contributed by atoms with van der Waals surface area (Å²) in [4.78, 5) is 4.38. The molecule has 1 heteroatoms. The molecule has 1 aromatic heterocycles. The summed E-state index contributed by atoms with van der Waals surface area (Å²) in [5.74, 6) is 1.30. The van der Waals surface area contributed by atoms with Crippen molar-refractivity contribution in [3.8, 4) is 0 Å². The van der Waals surface area contributed by atoms with Crippen molar-refractivity contribution in [3.05, 3.63) is 48.0 Å². The fourth-order valence-electron chi connectivity index (χ4n) is 1.34. The fraction of sp³-hybridized carbons (Fsp3) is 0.167. The second-order valence-corrected chi connectivity index (χ2v) is 3.42. The van der Waals surface area contributed by atoms with Crippen LogP contribution in [0.15, 0.2) is 36.5 Å². The van der Waals surface area contributed by atoms with Crippen molar-refractivity contribution in [2.75, 3.05) is 0 Å². The van der Waals surface area contributed by atoms with Crippen molar-refractivity contribution in [2.24, 2.45) is 0 Å². The van der Waals surface area contributed by atoms with Crippen molar-refractivity contribution in [1.29, 1.82) is 0 Å². The molecule has 2 rings (SSSR count). The molecule has 0 fully saturated rings. The van der Waals surface area contributed by atoms with Gasteiger partial charge < -0.3 is 0 Å². The van der Waals surface area contributed by atoms with Gasteiger partial charge in [0.05, 0.1) is 5.52 Å². The molecule has 0 aliphatic carbocycles. The Morgan fingerprint density at radius 1 is 1.15 bits per heavy atom. The van der Waals surface area contributed by atoms with Gasteiger partial charge in [-0.25, -0.2) is 0 Å². The van der Waals surface area contributed by atoms with Gasteiger partial charge in [-0.3, -0.25) is 4.98 Å². The molecule has 0 saturated carbocycles. The van der Waals surface area contributed by atoms with Gasteiger partial charge in [-0.05, 0) is 17.7 Å². The van der Waals surface area contributed by atoms with Gasteiger partial charge in [-0.2, -0.15) is 0 Å². The van der Waals surface area contributed by atoms with E-state index < -0.39 is 0 Å². The number of benzene rings is 1. The van der Waals surface area contributed by atoms with Crippen LogP contribution in [-0.2, 0) is 0 Å². The Hall–Kier alpha value is -1.37. The highest BCUT2D eigenvalue weighted by Crippen LogP contribution is 2.17. The van der Waals surface area contributed by atoms with Gasteiger partial charge in [0, 0.05) is 17.5 Å². The molecule has 1 radical (unpaired) electrons. The number of aromatic nitrogens is 1.